The summed E-state index contributed by atoms with van der Waals surface area (Å²) in [7, 11) is 0. The Morgan fingerprint density at radius 2 is 2.00 bits per heavy atom. The lowest BCUT2D eigenvalue weighted by atomic mass is 9.87. The number of carboxylic acid groups (broad SMARTS) is 1. The predicted molar refractivity (Wildman–Crippen MR) is 73.5 cm³/mol. The molecule has 1 saturated carbocycles. The summed E-state index contributed by atoms with van der Waals surface area (Å²) in [6, 6.07) is -0.269. The zero-order valence-corrected chi connectivity index (χ0v) is 12.0. The summed E-state index contributed by atoms with van der Waals surface area (Å²) in [5.74, 6) is -0.156. The Hall–Kier alpha value is -1.30. The number of nitrogens with zero attached hydrogens (tertiary/aromatic N) is 1. The maximum absolute atomic E-state index is 12.3. The third-order valence-corrected chi connectivity index (χ3v) is 4.24. The maximum Gasteiger partial charge on any atom is 0.318 e. The van der Waals surface area contributed by atoms with Crippen molar-refractivity contribution in [1.82, 2.24) is 10.2 Å². The van der Waals surface area contributed by atoms with Gasteiger partial charge in [0.05, 0.1) is 25.7 Å². The van der Waals surface area contributed by atoms with Crippen molar-refractivity contribution in [2.75, 3.05) is 19.8 Å². The van der Waals surface area contributed by atoms with Gasteiger partial charge in [0.2, 0.25) is 0 Å². The average Bonchev–Trinajstić information content (AvgIpc) is 2.41. The van der Waals surface area contributed by atoms with E-state index >= 15 is 0 Å². The van der Waals surface area contributed by atoms with E-state index in [2.05, 4.69) is 12.2 Å². The molecule has 0 spiro atoms. The molecule has 1 aliphatic carbocycles. The number of carbonyl (C=O) groups excluding carboxylic acids is 1. The molecule has 6 heteroatoms. The molecule has 2 aliphatic rings. The van der Waals surface area contributed by atoms with Crippen molar-refractivity contribution in [3.63, 3.8) is 0 Å². The smallest absolute Gasteiger partial charge is 0.318 e. The fourth-order valence-electron chi connectivity index (χ4n) is 2.95. The van der Waals surface area contributed by atoms with Crippen LogP contribution in [0.3, 0.4) is 0 Å². The SMILES string of the molecule is CC1CCC(NC(=O)N2CCOCC2CC(=O)O)CC1. The molecular weight excluding hydrogens is 260 g/mol. The quantitative estimate of drug-likeness (QED) is 0.822. The van der Waals surface area contributed by atoms with Crippen LogP contribution in [0, 0.1) is 5.92 Å². The van der Waals surface area contributed by atoms with E-state index in [-0.39, 0.29) is 24.5 Å². The first-order valence-corrected chi connectivity index (χ1v) is 7.43. The molecule has 2 rings (SSSR count). The number of amides is 2. The van der Waals surface area contributed by atoms with Crippen molar-refractivity contribution < 1.29 is 19.4 Å². The van der Waals surface area contributed by atoms with Gasteiger partial charge in [0, 0.05) is 12.6 Å². The first-order valence-electron chi connectivity index (χ1n) is 7.43. The van der Waals surface area contributed by atoms with Gasteiger partial charge in [0.1, 0.15) is 0 Å². The van der Waals surface area contributed by atoms with E-state index in [0.29, 0.717) is 19.8 Å². The second kappa shape index (κ2) is 6.92. The summed E-state index contributed by atoms with van der Waals surface area (Å²) in [4.78, 5) is 24.8. The number of nitrogens with one attached hydrogen (secondary N) is 1. The topological polar surface area (TPSA) is 78.9 Å². The van der Waals surface area contributed by atoms with Crippen LogP contribution in [0.5, 0.6) is 0 Å². The van der Waals surface area contributed by atoms with Gasteiger partial charge in [-0.1, -0.05) is 6.92 Å². The highest BCUT2D eigenvalue weighted by atomic mass is 16.5. The fourth-order valence-corrected chi connectivity index (χ4v) is 2.95. The summed E-state index contributed by atoms with van der Waals surface area (Å²) in [5.41, 5.74) is 0. The Labute approximate surface area is 119 Å². The molecule has 1 unspecified atom stereocenters. The molecule has 0 aromatic heterocycles. The van der Waals surface area contributed by atoms with Gasteiger partial charge in [-0.15, -0.1) is 0 Å². The van der Waals surface area contributed by atoms with Crippen LogP contribution in [-0.2, 0) is 9.53 Å². The summed E-state index contributed by atoms with van der Waals surface area (Å²) in [6.07, 6.45) is 4.26. The Balaban J connectivity index is 1.87. The molecule has 0 bridgehead atoms. The van der Waals surface area contributed by atoms with Crippen LogP contribution in [-0.4, -0.2) is 53.8 Å². The first kappa shape index (κ1) is 15.1. The lowest BCUT2D eigenvalue weighted by Crippen LogP contribution is -2.55. The van der Waals surface area contributed by atoms with Gasteiger partial charge in [-0.3, -0.25) is 4.79 Å². The van der Waals surface area contributed by atoms with E-state index in [9.17, 15) is 9.59 Å². The molecule has 114 valence electrons. The summed E-state index contributed by atoms with van der Waals surface area (Å²) < 4.78 is 5.28. The van der Waals surface area contributed by atoms with Crippen molar-refractivity contribution in [2.24, 2.45) is 5.92 Å². The number of morpholine rings is 1. The van der Waals surface area contributed by atoms with Gasteiger partial charge in [-0.25, -0.2) is 4.79 Å². The molecule has 1 atom stereocenters. The van der Waals surface area contributed by atoms with Crippen molar-refractivity contribution >= 4 is 12.0 Å². The Bertz CT molecular complexity index is 353. The minimum Gasteiger partial charge on any atom is -0.481 e. The van der Waals surface area contributed by atoms with Crippen LogP contribution >= 0.6 is 0 Å². The predicted octanol–water partition coefficient (Wildman–Crippen LogP) is 1.45. The Morgan fingerprint density at radius 3 is 2.65 bits per heavy atom. The molecule has 20 heavy (non-hydrogen) atoms. The molecule has 1 heterocycles. The van der Waals surface area contributed by atoms with Crippen molar-refractivity contribution in [3.8, 4) is 0 Å². The highest BCUT2D eigenvalue weighted by Crippen LogP contribution is 2.23. The monoisotopic (exact) mass is 284 g/mol. The molecule has 1 saturated heterocycles. The van der Waals surface area contributed by atoms with E-state index in [1.54, 1.807) is 4.90 Å². The Morgan fingerprint density at radius 1 is 1.30 bits per heavy atom. The molecular formula is C14H24N2O4. The molecule has 2 fully saturated rings. The highest BCUT2D eigenvalue weighted by molar-refractivity contribution is 5.76. The van der Waals surface area contributed by atoms with Gasteiger partial charge in [0.25, 0.3) is 0 Å². The van der Waals surface area contributed by atoms with Crippen LogP contribution in [0.2, 0.25) is 0 Å². The van der Waals surface area contributed by atoms with Crippen molar-refractivity contribution in [2.45, 2.75) is 51.1 Å². The third kappa shape index (κ3) is 4.10. The average molecular weight is 284 g/mol. The number of ether oxygens (including phenoxy) is 1. The number of hydrogen-bond acceptors (Lipinski definition) is 3. The van der Waals surface area contributed by atoms with E-state index in [0.717, 1.165) is 31.6 Å². The molecule has 0 aromatic rings. The number of aliphatic carboxylic acids is 1. The summed E-state index contributed by atoms with van der Waals surface area (Å²) in [5, 5.41) is 12.0. The van der Waals surface area contributed by atoms with Crippen LogP contribution in [0.25, 0.3) is 0 Å². The number of urea groups is 1. The van der Waals surface area contributed by atoms with Gasteiger partial charge < -0.3 is 20.1 Å². The van der Waals surface area contributed by atoms with Crippen LogP contribution in [0.15, 0.2) is 0 Å². The van der Waals surface area contributed by atoms with Crippen LogP contribution in [0.1, 0.15) is 39.0 Å². The standard InChI is InChI=1S/C14H24N2O4/c1-10-2-4-11(5-3-10)15-14(19)16-6-7-20-9-12(16)8-13(17)18/h10-12H,2-9H2,1H3,(H,15,19)(H,17,18). The first-order chi connectivity index (χ1) is 9.56. The lowest BCUT2D eigenvalue weighted by Gasteiger charge is -2.36. The molecule has 2 amide bonds. The Kier molecular flexibility index (Phi) is 5.23. The normalized spacial score (nSPS) is 30.9. The highest BCUT2D eigenvalue weighted by Gasteiger charge is 2.30. The van der Waals surface area contributed by atoms with E-state index in [4.69, 9.17) is 9.84 Å². The summed E-state index contributed by atoms with van der Waals surface area (Å²) in [6.45, 7) is 3.49. The van der Waals surface area contributed by atoms with Crippen LogP contribution in [0.4, 0.5) is 4.79 Å². The second-order valence-electron chi connectivity index (χ2n) is 5.93. The number of carboxylic acids is 1. The molecule has 0 aromatic carbocycles. The maximum atomic E-state index is 12.3. The largest absolute Gasteiger partial charge is 0.481 e. The molecule has 0 radical (unpaired) electrons. The van der Waals surface area contributed by atoms with Crippen molar-refractivity contribution in [3.05, 3.63) is 0 Å². The van der Waals surface area contributed by atoms with E-state index < -0.39 is 5.97 Å². The van der Waals surface area contributed by atoms with Crippen LogP contribution < -0.4 is 5.32 Å². The minimum atomic E-state index is -0.898. The van der Waals surface area contributed by atoms with Gasteiger partial charge in [0.15, 0.2) is 0 Å². The molecule has 6 nitrogen and oxygen atoms in total. The van der Waals surface area contributed by atoms with Gasteiger partial charge in [-0.2, -0.15) is 0 Å². The molecule has 2 N–H and O–H groups in total. The third-order valence-electron chi connectivity index (χ3n) is 4.24. The van der Waals surface area contributed by atoms with Gasteiger partial charge in [-0.05, 0) is 31.6 Å². The van der Waals surface area contributed by atoms with E-state index in [1.165, 1.54) is 0 Å². The lowest BCUT2D eigenvalue weighted by molar-refractivity contribution is -0.139. The van der Waals surface area contributed by atoms with Crippen molar-refractivity contribution in [1.29, 1.82) is 0 Å². The second-order valence-corrected chi connectivity index (χ2v) is 5.93. The molecule has 1 aliphatic heterocycles. The number of carbonyl (C=O) groups is 2. The summed E-state index contributed by atoms with van der Waals surface area (Å²) >= 11 is 0. The van der Waals surface area contributed by atoms with E-state index in [1.807, 2.05) is 0 Å². The number of rotatable bonds is 3. The van der Waals surface area contributed by atoms with Gasteiger partial charge >= 0.3 is 12.0 Å². The zero-order valence-electron chi connectivity index (χ0n) is 12.0. The zero-order chi connectivity index (χ0) is 14.5. The number of hydrogen-bond donors (Lipinski definition) is 2. The fraction of sp³-hybridized carbons (Fsp3) is 0.857. The minimum absolute atomic E-state index is 0.0604.